The van der Waals surface area contributed by atoms with Gasteiger partial charge in [0, 0.05) is 44.3 Å². The van der Waals surface area contributed by atoms with Gasteiger partial charge < -0.3 is 30.3 Å². The largest absolute Gasteiger partial charge is 0.733 e. The van der Waals surface area contributed by atoms with Crippen LogP contribution in [0.3, 0.4) is 0 Å². The summed E-state index contributed by atoms with van der Waals surface area (Å²) in [6.45, 7) is 0. The minimum absolute atomic E-state index is 0.0631. The van der Waals surface area contributed by atoms with Crippen LogP contribution in [0.25, 0.3) is 10.9 Å². The predicted molar refractivity (Wildman–Crippen MR) is 141 cm³/mol. The van der Waals surface area contributed by atoms with Gasteiger partial charge in [0.15, 0.2) is 5.78 Å². The predicted octanol–water partition coefficient (Wildman–Crippen LogP) is 4.43. The molecule has 0 amide bonds. The van der Waals surface area contributed by atoms with Crippen LogP contribution < -0.4 is 21.0 Å². The molecule has 3 aromatic carbocycles. The highest BCUT2D eigenvalue weighted by Gasteiger charge is 2.25. The van der Waals surface area contributed by atoms with Gasteiger partial charge in [-0.1, -0.05) is 24.3 Å². The first-order valence-corrected chi connectivity index (χ1v) is 11.3. The van der Waals surface area contributed by atoms with Gasteiger partial charge >= 0.3 is 0 Å². The van der Waals surface area contributed by atoms with E-state index in [1.54, 1.807) is 43.4 Å². The minimum Gasteiger partial charge on any atom is -0.733 e. The number of anilines is 3. The molecule has 0 aliphatic rings. The molecule has 0 fully saturated rings. The normalized spacial score (nSPS) is 11.8. The maximum absolute atomic E-state index is 13.5. The maximum atomic E-state index is 13.5. The van der Waals surface area contributed by atoms with Gasteiger partial charge in [0.25, 0.3) is 5.56 Å². The van der Waals surface area contributed by atoms with Gasteiger partial charge in [-0.15, -0.1) is 0 Å². The van der Waals surface area contributed by atoms with Crippen LogP contribution in [0, 0.1) is 5.21 Å². The summed E-state index contributed by atoms with van der Waals surface area (Å²) in [6, 6.07) is 20.0. The molecule has 0 aliphatic heterocycles. The van der Waals surface area contributed by atoms with Crippen molar-refractivity contribution in [3.63, 3.8) is 0 Å². The van der Waals surface area contributed by atoms with E-state index in [0.717, 1.165) is 11.3 Å². The zero-order valence-corrected chi connectivity index (χ0v) is 20.2. The summed E-state index contributed by atoms with van der Waals surface area (Å²) in [5.41, 5.74) is 2.14. The monoisotopic (exact) mass is 487 g/mol. The highest BCUT2D eigenvalue weighted by atomic mass is 16.8. The lowest BCUT2D eigenvalue weighted by Gasteiger charge is -2.24. The molecule has 4 rings (SSSR count). The highest BCUT2D eigenvalue weighted by molar-refractivity contribution is 6.03. The molecule has 0 saturated heterocycles. The first-order valence-electron chi connectivity index (χ1n) is 11.3. The lowest BCUT2D eigenvalue weighted by molar-refractivity contribution is 0.0972. The summed E-state index contributed by atoms with van der Waals surface area (Å²) in [6.07, 6.45) is -0.113. The van der Waals surface area contributed by atoms with Crippen molar-refractivity contribution >= 4 is 33.7 Å². The lowest BCUT2D eigenvalue weighted by Crippen LogP contribution is -2.26. The summed E-state index contributed by atoms with van der Waals surface area (Å²) in [5.74, 6) is -0.839. The molecule has 1 aromatic heterocycles. The smallest absolute Gasteiger partial charge is 0.265 e. The van der Waals surface area contributed by atoms with Crippen LogP contribution in [0.5, 0.6) is 5.75 Å². The topological polar surface area (TPSA) is 121 Å². The van der Waals surface area contributed by atoms with Crippen LogP contribution in [0.4, 0.5) is 17.1 Å². The van der Waals surface area contributed by atoms with Gasteiger partial charge in [-0.3, -0.25) is 14.8 Å². The Morgan fingerprint density at radius 3 is 2.22 bits per heavy atom. The molecule has 0 spiro atoms. The zero-order valence-electron chi connectivity index (χ0n) is 20.2. The summed E-state index contributed by atoms with van der Waals surface area (Å²) in [4.78, 5) is 28.5. The molecular formula is C27H27N4O5-. The van der Waals surface area contributed by atoms with Crippen molar-refractivity contribution in [2.45, 2.75) is 12.5 Å². The maximum Gasteiger partial charge on any atom is 0.265 e. The molecule has 0 bridgehead atoms. The molecule has 0 unspecified atom stereocenters. The molecule has 4 aromatic rings. The zero-order chi connectivity index (χ0) is 26.0. The third kappa shape index (κ3) is 4.88. The number of nitrogens with zero attached hydrogens (tertiary/aromatic N) is 3. The van der Waals surface area contributed by atoms with E-state index in [0.29, 0.717) is 16.6 Å². The number of nitrogens with one attached hydrogen (secondary N) is 1. The molecule has 3 N–H and O–H groups in total. The number of ketones is 1. The van der Waals surface area contributed by atoms with E-state index < -0.39 is 17.4 Å². The van der Waals surface area contributed by atoms with Gasteiger partial charge in [0.05, 0.1) is 17.2 Å². The van der Waals surface area contributed by atoms with E-state index in [-0.39, 0.29) is 28.6 Å². The van der Waals surface area contributed by atoms with Crippen LogP contribution in [0.2, 0.25) is 0 Å². The second-order valence-corrected chi connectivity index (χ2v) is 8.73. The highest BCUT2D eigenvalue weighted by Crippen LogP contribution is 2.31. The number of rotatable bonds is 8. The van der Waals surface area contributed by atoms with Crippen molar-refractivity contribution in [1.29, 1.82) is 0 Å². The lowest BCUT2D eigenvalue weighted by atomic mass is 9.96. The number of aromatic nitrogens is 1. The molecule has 0 saturated carbocycles. The molecular weight excluding hydrogens is 460 g/mol. The van der Waals surface area contributed by atoms with Gasteiger partial charge in [0.2, 0.25) is 0 Å². The number of carbonyl (C=O) groups is 1. The number of para-hydroxylation sites is 1. The van der Waals surface area contributed by atoms with Crippen LogP contribution in [-0.4, -0.2) is 34.8 Å². The van der Waals surface area contributed by atoms with Crippen LogP contribution in [0.15, 0.2) is 77.6 Å². The van der Waals surface area contributed by atoms with Crippen LogP contribution in [-0.2, 0) is 7.05 Å². The molecule has 0 aliphatic carbocycles. The average molecular weight is 488 g/mol. The number of aryl methyl sites for hydroxylation is 1. The number of hydrogen-bond acceptors (Lipinski definition) is 8. The summed E-state index contributed by atoms with van der Waals surface area (Å²) >= 11 is 0. The van der Waals surface area contributed by atoms with Crippen LogP contribution >= 0.6 is 0 Å². The Morgan fingerprint density at radius 2 is 1.61 bits per heavy atom. The van der Waals surface area contributed by atoms with Gasteiger partial charge in [-0.25, -0.2) is 0 Å². The van der Waals surface area contributed by atoms with Crippen LogP contribution in [0.1, 0.15) is 28.4 Å². The molecule has 36 heavy (non-hydrogen) atoms. The number of aromatic hydroxyl groups is 1. The van der Waals surface area contributed by atoms with Gasteiger partial charge in [-0.2, -0.15) is 0 Å². The molecule has 9 heteroatoms. The third-order valence-corrected chi connectivity index (χ3v) is 6.19. The van der Waals surface area contributed by atoms with E-state index in [1.807, 2.05) is 43.3 Å². The first-order chi connectivity index (χ1) is 17.2. The van der Waals surface area contributed by atoms with E-state index in [4.69, 9.17) is 5.21 Å². The molecule has 9 nitrogen and oxygen atoms in total. The van der Waals surface area contributed by atoms with E-state index >= 15 is 0 Å². The molecule has 186 valence electrons. The second kappa shape index (κ2) is 10.1. The Morgan fingerprint density at radius 1 is 1.00 bits per heavy atom. The van der Waals surface area contributed by atoms with Crippen molar-refractivity contribution in [1.82, 2.24) is 4.57 Å². The molecule has 0 radical (unpaired) electrons. The fraction of sp³-hybridized carbons (Fsp3) is 0.185. The van der Waals surface area contributed by atoms with Crippen molar-refractivity contribution in [2.24, 2.45) is 7.05 Å². The number of Topliss-reactive ketones (excluding diaryl/α,β-unsaturated/α-hetero) is 1. The average Bonchev–Trinajstić information content (AvgIpc) is 2.87. The SMILES string of the molecule is CN(C)c1ccc([C@@H](CC(=O)c2c(O)c3ccccc3n(C)c2=O)Nc2ccc(N([O-])O)cc2)cc1. The molecule has 1 atom stereocenters. The van der Waals surface area contributed by atoms with Crippen molar-refractivity contribution in [3.8, 4) is 5.75 Å². The minimum atomic E-state index is -0.569. The van der Waals surface area contributed by atoms with Gasteiger partial charge in [-0.05, 0) is 54.1 Å². The van der Waals surface area contributed by atoms with Crippen molar-refractivity contribution < 1.29 is 15.1 Å². The summed E-state index contributed by atoms with van der Waals surface area (Å²) in [7, 11) is 5.42. The number of pyridine rings is 1. The van der Waals surface area contributed by atoms with E-state index in [1.165, 1.54) is 16.7 Å². The molecule has 1 heterocycles. The standard InChI is InChI=1S/C27H27N4O5/c1-29(2)19-12-8-17(9-13-19)22(28-18-10-14-20(15-11-18)31(35)36)16-24(32)25-26(33)21-6-4-5-7-23(21)30(3)27(25)34/h4-15,22,28,33,35H,16H2,1-3H3/q-1/t22-/m1/s1. The third-order valence-electron chi connectivity index (χ3n) is 6.19. The number of benzene rings is 3. The first kappa shape index (κ1) is 24.8. The van der Waals surface area contributed by atoms with E-state index in [2.05, 4.69) is 5.32 Å². The Bertz CT molecular complexity index is 1440. The Hall–Kier alpha value is -4.34. The fourth-order valence-electron chi connectivity index (χ4n) is 4.16. The quantitative estimate of drug-likeness (QED) is 0.247. The van der Waals surface area contributed by atoms with E-state index in [9.17, 15) is 19.9 Å². The number of carbonyl (C=O) groups excluding carboxylic acids is 1. The Labute approximate surface area is 208 Å². The number of hydrogen-bond donors (Lipinski definition) is 3. The van der Waals surface area contributed by atoms with Gasteiger partial charge in [0.1, 0.15) is 11.3 Å². The summed E-state index contributed by atoms with van der Waals surface area (Å²) < 4.78 is 1.36. The van der Waals surface area contributed by atoms with Crippen molar-refractivity contribution in [3.05, 3.63) is 99.5 Å². The fourth-order valence-corrected chi connectivity index (χ4v) is 4.16. The summed E-state index contributed by atoms with van der Waals surface area (Å²) in [5, 5.41) is 34.5. The second-order valence-electron chi connectivity index (χ2n) is 8.73. The number of fused-ring (bicyclic) bond motifs is 1. The van der Waals surface area contributed by atoms with Crippen molar-refractivity contribution in [2.75, 3.05) is 29.5 Å². The Kier molecular flexibility index (Phi) is 6.96. The Balaban J connectivity index is 1.72.